The molecule has 128 valence electrons. The molecule has 2 N–H and O–H groups in total. The van der Waals surface area contributed by atoms with Gasteiger partial charge in [-0.2, -0.15) is 0 Å². The Morgan fingerprint density at radius 2 is 1.96 bits per heavy atom. The summed E-state index contributed by atoms with van der Waals surface area (Å²) in [6.45, 7) is 2.12. The van der Waals surface area contributed by atoms with Crippen molar-refractivity contribution in [2.45, 2.75) is 19.4 Å². The highest BCUT2D eigenvalue weighted by molar-refractivity contribution is 6.27. The third-order valence-electron chi connectivity index (χ3n) is 3.72. The highest BCUT2D eigenvalue weighted by Gasteiger charge is 2.34. The first-order valence-electron chi connectivity index (χ1n) is 7.46. The van der Waals surface area contributed by atoms with Gasteiger partial charge >= 0.3 is 0 Å². The molecule has 1 aromatic rings. The van der Waals surface area contributed by atoms with Crippen molar-refractivity contribution < 1.29 is 19.2 Å². The minimum atomic E-state index is -0.874. The molecule has 0 spiro atoms. The monoisotopic (exact) mass is 351 g/mol. The van der Waals surface area contributed by atoms with Gasteiger partial charge < -0.3 is 15.5 Å². The maximum absolute atomic E-state index is 12.2. The van der Waals surface area contributed by atoms with Gasteiger partial charge in [-0.15, -0.1) is 11.6 Å². The lowest BCUT2D eigenvalue weighted by atomic mass is 10.1. The number of alkyl halides is 1. The van der Waals surface area contributed by atoms with Crippen LogP contribution in [-0.4, -0.2) is 53.4 Å². The first kappa shape index (κ1) is 17.9. The second-order valence-corrected chi connectivity index (χ2v) is 5.68. The van der Waals surface area contributed by atoms with Crippen molar-refractivity contribution in [3.05, 3.63) is 29.8 Å². The van der Waals surface area contributed by atoms with E-state index in [0.717, 1.165) is 0 Å². The minimum absolute atomic E-state index is 0.0676. The average molecular weight is 352 g/mol. The third kappa shape index (κ3) is 4.32. The van der Waals surface area contributed by atoms with E-state index < -0.39 is 11.9 Å². The fourth-order valence-electron chi connectivity index (χ4n) is 2.47. The molecule has 0 bridgehead atoms. The lowest BCUT2D eigenvalue weighted by molar-refractivity contribution is -0.143. The Labute approximate surface area is 144 Å². The van der Waals surface area contributed by atoms with Crippen LogP contribution < -0.4 is 10.6 Å². The van der Waals surface area contributed by atoms with Crippen LogP contribution in [0.3, 0.4) is 0 Å². The van der Waals surface area contributed by atoms with E-state index in [9.17, 15) is 19.2 Å². The summed E-state index contributed by atoms with van der Waals surface area (Å²) in [6.07, 6.45) is -0.164. The number of ketones is 1. The Morgan fingerprint density at radius 3 is 2.54 bits per heavy atom. The molecule has 8 heteroatoms. The van der Waals surface area contributed by atoms with E-state index >= 15 is 0 Å². The maximum Gasteiger partial charge on any atom is 0.243 e. The normalized spacial score (nSPS) is 17.2. The van der Waals surface area contributed by atoms with Crippen LogP contribution in [0, 0.1) is 0 Å². The molecule has 1 saturated heterocycles. The number of benzene rings is 1. The number of piperazine rings is 1. The lowest BCUT2D eigenvalue weighted by Crippen LogP contribution is -2.58. The average Bonchev–Trinajstić information content (AvgIpc) is 2.56. The first-order valence-corrected chi connectivity index (χ1v) is 8.00. The Balaban J connectivity index is 2.02. The topological polar surface area (TPSA) is 95.6 Å². The van der Waals surface area contributed by atoms with Crippen LogP contribution in [-0.2, 0) is 14.4 Å². The van der Waals surface area contributed by atoms with Crippen LogP contribution in [0.4, 0.5) is 5.69 Å². The van der Waals surface area contributed by atoms with E-state index in [4.69, 9.17) is 11.6 Å². The van der Waals surface area contributed by atoms with Crippen molar-refractivity contribution >= 4 is 40.8 Å². The van der Waals surface area contributed by atoms with E-state index in [1.165, 1.54) is 11.8 Å². The molecule has 0 saturated carbocycles. The van der Waals surface area contributed by atoms with E-state index in [-0.39, 0.29) is 29.9 Å². The summed E-state index contributed by atoms with van der Waals surface area (Å²) in [5, 5.41) is 5.29. The van der Waals surface area contributed by atoms with Gasteiger partial charge in [0, 0.05) is 24.3 Å². The highest BCUT2D eigenvalue weighted by Crippen LogP contribution is 2.14. The summed E-state index contributed by atoms with van der Waals surface area (Å²) >= 11 is 5.55. The zero-order chi connectivity index (χ0) is 17.7. The van der Waals surface area contributed by atoms with Crippen LogP contribution in [0.15, 0.2) is 24.3 Å². The predicted molar refractivity (Wildman–Crippen MR) is 88.9 cm³/mol. The van der Waals surface area contributed by atoms with Gasteiger partial charge in [-0.25, -0.2) is 0 Å². The molecule has 3 amide bonds. The van der Waals surface area contributed by atoms with Gasteiger partial charge in [0.15, 0.2) is 5.78 Å². The number of hydrogen-bond acceptors (Lipinski definition) is 4. The smallest absolute Gasteiger partial charge is 0.243 e. The van der Waals surface area contributed by atoms with Crippen LogP contribution >= 0.6 is 11.6 Å². The second-order valence-electron chi connectivity index (χ2n) is 5.41. The number of carbonyl (C=O) groups excluding carboxylic acids is 4. The summed E-state index contributed by atoms with van der Waals surface area (Å²) in [5.74, 6) is -1.46. The molecule has 0 aliphatic carbocycles. The van der Waals surface area contributed by atoms with Gasteiger partial charge in [-0.3, -0.25) is 19.2 Å². The first-order chi connectivity index (χ1) is 11.4. The van der Waals surface area contributed by atoms with Crippen molar-refractivity contribution in [3.8, 4) is 0 Å². The van der Waals surface area contributed by atoms with Gasteiger partial charge in [0.25, 0.3) is 0 Å². The van der Waals surface area contributed by atoms with Crippen molar-refractivity contribution in [2.75, 3.05) is 24.3 Å². The molecule has 1 aromatic carbocycles. The molecule has 0 aromatic heterocycles. The fraction of sp³-hybridized carbons (Fsp3) is 0.375. The van der Waals surface area contributed by atoms with Crippen LogP contribution in [0.1, 0.15) is 23.7 Å². The molecule has 24 heavy (non-hydrogen) atoms. The standard InChI is InChI=1S/C16H18ClN3O4/c1-10(21)11-2-4-12(5-3-11)19-14(22)8-13-16(24)18-6-7-20(13)15(23)9-17/h2-5,13H,6-9H2,1H3,(H,18,24)(H,19,22)/t13-/m1/s1. The van der Waals surface area contributed by atoms with Crippen LogP contribution in [0.2, 0.25) is 0 Å². The number of rotatable bonds is 5. The van der Waals surface area contributed by atoms with E-state index in [2.05, 4.69) is 10.6 Å². The molecule has 2 rings (SSSR count). The van der Waals surface area contributed by atoms with Crippen LogP contribution in [0.25, 0.3) is 0 Å². The van der Waals surface area contributed by atoms with Crippen molar-refractivity contribution in [1.29, 1.82) is 0 Å². The van der Waals surface area contributed by atoms with E-state index in [1.807, 2.05) is 0 Å². The van der Waals surface area contributed by atoms with Crippen molar-refractivity contribution in [3.63, 3.8) is 0 Å². The number of halogens is 1. The minimum Gasteiger partial charge on any atom is -0.353 e. The number of anilines is 1. The van der Waals surface area contributed by atoms with Crippen molar-refractivity contribution in [1.82, 2.24) is 10.2 Å². The van der Waals surface area contributed by atoms with Gasteiger partial charge in [-0.05, 0) is 31.2 Å². The maximum atomic E-state index is 12.2. The van der Waals surface area contributed by atoms with Gasteiger partial charge in [0.2, 0.25) is 17.7 Å². The Bertz CT molecular complexity index is 660. The number of hydrogen-bond donors (Lipinski definition) is 2. The predicted octanol–water partition coefficient (Wildman–Crippen LogP) is 0.784. The number of carbonyl (C=O) groups is 4. The molecule has 0 unspecified atom stereocenters. The molecule has 1 heterocycles. The zero-order valence-corrected chi connectivity index (χ0v) is 13.9. The highest BCUT2D eigenvalue weighted by atomic mass is 35.5. The number of nitrogens with zero attached hydrogens (tertiary/aromatic N) is 1. The van der Waals surface area contributed by atoms with Gasteiger partial charge in [-0.1, -0.05) is 0 Å². The quantitative estimate of drug-likeness (QED) is 0.605. The fourth-order valence-corrected chi connectivity index (χ4v) is 2.62. The van der Waals surface area contributed by atoms with Gasteiger partial charge in [0.05, 0.1) is 6.42 Å². The summed E-state index contributed by atoms with van der Waals surface area (Å²) < 4.78 is 0. The lowest BCUT2D eigenvalue weighted by Gasteiger charge is -2.34. The summed E-state index contributed by atoms with van der Waals surface area (Å²) in [4.78, 5) is 48.5. The second kappa shape index (κ2) is 7.92. The largest absolute Gasteiger partial charge is 0.353 e. The zero-order valence-electron chi connectivity index (χ0n) is 13.2. The molecule has 1 atom stereocenters. The van der Waals surface area contributed by atoms with E-state index in [0.29, 0.717) is 24.3 Å². The summed E-state index contributed by atoms with van der Waals surface area (Å²) in [6, 6.07) is 5.55. The number of nitrogens with one attached hydrogen (secondary N) is 2. The number of Topliss-reactive ketones (excluding diaryl/α,β-unsaturated/α-hetero) is 1. The third-order valence-corrected chi connectivity index (χ3v) is 3.95. The van der Waals surface area contributed by atoms with Gasteiger partial charge in [0.1, 0.15) is 11.9 Å². The molecule has 1 fully saturated rings. The Morgan fingerprint density at radius 1 is 1.29 bits per heavy atom. The number of amides is 3. The molecule has 7 nitrogen and oxygen atoms in total. The summed E-state index contributed by atoms with van der Waals surface area (Å²) in [5.41, 5.74) is 1.05. The molecular weight excluding hydrogens is 334 g/mol. The molecule has 1 aliphatic rings. The molecular formula is C16H18ClN3O4. The summed E-state index contributed by atoms with van der Waals surface area (Å²) in [7, 11) is 0. The van der Waals surface area contributed by atoms with E-state index in [1.54, 1.807) is 24.3 Å². The van der Waals surface area contributed by atoms with Crippen molar-refractivity contribution in [2.24, 2.45) is 0 Å². The Kier molecular flexibility index (Phi) is 5.92. The molecule has 1 aliphatic heterocycles. The Hall–Kier alpha value is -2.41. The SMILES string of the molecule is CC(=O)c1ccc(NC(=O)C[C@@H]2C(=O)NCCN2C(=O)CCl)cc1. The van der Waals surface area contributed by atoms with Crippen LogP contribution in [0.5, 0.6) is 0 Å². The molecule has 0 radical (unpaired) electrons.